The molecule has 0 aliphatic carbocycles. The van der Waals surface area contributed by atoms with E-state index in [2.05, 4.69) is 0 Å². The number of rotatable bonds is 5. The molecule has 0 aromatic carbocycles. The predicted octanol–water partition coefficient (Wildman–Crippen LogP) is -0.315. The normalized spacial score (nSPS) is 35.0. The summed E-state index contributed by atoms with van der Waals surface area (Å²) in [5.41, 5.74) is -1.40. The molecule has 0 radical (unpaired) electrons. The van der Waals surface area contributed by atoms with Crippen molar-refractivity contribution in [3.63, 3.8) is 0 Å². The van der Waals surface area contributed by atoms with E-state index < -0.39 is 40.4 Å². The Labute approximate surface area is 130 Å². The second-order valence-electron chi connectivity index (χ2n) is 6.67. The first-order valence-electron chi connectivity index (χ1n) is 7.65. The van der Waals surface area contributed by atoms with Gasteiger partial charge >= 0.3 is 5.97 Å². The second-order valence-corrected chi connectivity index (χ2v) is 6.67. The average Bonchev–Trinajstić information content (AvgIpc) is 2.92. The summed E-state index contributed by atoms with van der Waals surface area (Å²) in [5.74, 6) is -1.44. The van der Waals surface area contributed by atoms with Gasteiger partial charge in [-0.15, -0.1) is 0 Å². The molecule has 3 N–H and O–H groups in total. The number of aliphatic hydroxyl groups is 3. The van der Waals surface area contributed by atoms with Crippen LogP contribution in [0.2, 0.25) is 0 Å². The highest BCUT2D eigenvalue weighted by Crippen LogP contribution is 2.36. The van der Waals surface area contributed by atoms with Gasteiger partial charge in [0.1, 0.15) is 18.8 Å². The van der Waals surface area contributed by atoms with Crippen molar-refractivity contribution in [2.75, 3.05) is 19.7 Å². The van der Waals surface area contributed by atoms with Crippen LogP contribution in [0.1, 0.15) is 27.2 Å². The Balaban J connectivity index is 2.03. The topological polar surface area (TPSA) is 110 Å². The number of quaternary nitrogens is 1. The van der Waals surface area contributed by atoms with Gasteiger partial charge in [0, 0.05) is 12.0 Å². The molecule has 2 aliphatic heterocycles. The molecule has 7 heteroatoms. The molecule has 2 aliphatic rings. The number of carbonyl (C=O) groups excluding carboxylic acids is 1. The van der Waals surface area contributed by atoms with Crippen LogP contribution < -0.4 is 0 Å². The molecule has 22 heavy (non-hydrogen) atoms. The number of hydroxylamine groups is 3. The number of esters is 1. The molecule has 1 fully saturated rings. The number of nitrogens with zero attached hydrogens (tertiary/aromatic N) is 1. The summed E-state index contributed by atoms with van der Waals surface area (Å²) in [6, 6.07) is -0.591. The molecule has 7 nitrogen and oxygen atoms in total. The minimum Gasteiger partial charge on any atom is -0.632 e. The van der Waals surface area contributed by atoms with Crippen molar-refractivity contribution in [3.8, 4) is 0 Å². The van der Waals surface area contributed by atoms with Crippen molar-refractivity contribution in [1.29, 1.82) is 0 Å². The lowest BCUT2D eigenvalue weighted by Gasteiger charge is -2.40. The molecule has 1 saturated heterocycles. The van der Waals surface area contributed by atoms with Gasteiger partial charge in [0.25, 0.3) is 0 Å². The van der Waals surface area contributed by atoms with E-state index in [1.165, 1.54) is 6.92 Å². The van der Waals surface area contributed by atoms with Crippen LogP contribution in [0.4, 0.5) is 0 Å². The monoisotopic (exact) mass is 315 g/mol. The van der Waals surface area contributed by atoms with E-state index in [0.717, 1.165) is 0 Å². The molecule has 126 valence electrons. The molecule has 2 rings (SSSR count). The fourth-order valence-corrected chi connectivity index (χ4v) is 3.41. The van der Waals surface area contributed by atoms with Crippen molar-refractivity contribution >= 4 is 5.97 Å². The van der Waals surface area contributed by atoms with Crippen molar-refractivity contribution < 1.29 is 29.5 Å². The lowest BCUT2D eigenvalue weighted by molar-refractivity contribution is -0.877. The van der Waals surface area contributed by atoms with Crippen LogP contribution in [0.15, 0.2) is 11.6 Å². The number of fused-ring (bicyclic) bond motifs is 1. The van der Waals surface area contributed by atoms with Crippen LogP contribution in [0.5, 0.6) is 0 Å². The highest BCUT2D eigenvalue weighted by molar-refractivity contribution is 5.80. The Hall–Kier alpha value is -0.990. The summed E-state index contributed by atoms with van der Waals surface area (Å²) in [6.45, 7) is 5.02. The Kier molecular flexibility index (Phi) is 4.66. The quantitative estimate of drug-likeness (QED) is 0.278. The van der Waals surface area contributed by atoms with Gasteiger partial charge in [0.05, 0.1) is 19.2 Å². The van der Waals surface area contributed by atoms with Gasteiger partial charge in [-0.05, 0) is 18.9 Å². The Morgan fingerprint density at radius 2 is 2.18 bits per heavy atom. The van der Waals surface area contributed by atoms with E-state index in [0.29, 0.717) is 18.5 Å². The molecule has 0 amide bonds. The number of hydrogen-bond donors (Lipinski definition) is 3. The summed E-state index contributed by atoms with van der Waals surface area (Å²) in [7, 11) is 0. The third-order valence-electron chi connectivity index (χ3n) is 4.93. The first-order valence-corrected chi connectivity index (χ1v) is 7.65. The van der Waals surface area contributed by atoms with Crippen LogP contribution >= 0.6 is 0 Å². The van der Waals surface area contributed by atoms with E-state index in [1.54, 1.807) is 19.9 Å². The molecule has 0 bridgehead atoms. The number of hydrogen-bond acceptors (Lipinski definition) is 6. The number of carbonyl (C=O) groups is 1. The Morgan fingerprint density at radius 3 is 2.73 bits per heavy atom. The van der Waals surface area contributed by atoms with Crippen molar-refractivity contribution in [2.24, 2.45) is 5.92 Å². The molecule has 2 heterocycles. The van der Waals surface area contributed by atoms with E-state index in [9.17, 15) is 25.3 Å². The highest BCUT2D eigenvalue weighted by Gasteiger charge is 2.49. The first kappa shape index (κ1) is 17.4. The van der Waals surface area contributed by atoms with Gasteiger partial charge in [-0.3, -0.25) is 0 Å². The van der Waals surface area contributed by atoms with Crippen molar-refractivity contribution in [1.82, 2.24) is 0 Å². The fourth-order valence-electron chi connectivity index (χ4n) is 3.41. The SMILES string of the molecule is CC(C)[C@@](O)(C(=O)OCC1=CC[N+]2([O-])CC[C@@H](O)[C@H]12)[C@@H](C)O. The summed E-state index contributed by atoms with van der Waals surface area (Å²) in [6.07, 6.45) is 0.127. The summed E-state index contributed by atoms with van der Waals surface area (Å²) >= 11 is 0. The lowest BCUT2D eigenvalue weighted by atomic mass is 9.85. The molecule has 0 aromatic heterocycles. The van der Waals surface area contributed by atoms with Gasteiger partial charge in [-0.25, -0.2) is 4.79 Å². The molecular weight excluding hydrogens is 290 g/mol. The third-order valence-corrected chi connectivity index (χ3v) is 4.93. The van der Waals surface area contributed by atoms with Crippen LogP contribution in [-0.4, -0.2) is 69.5 Å². The number of ether oxygens (including phenoxy) is 1. The van der Waals surface area contributed by atoms with E-state index in [-0.39, 0.29) is 13.2 Å². The van der Waals surface area contributed by atoms with Gasteiger partial charge in [0.2, 0.25) is 0 Å². The maximum absolute atomic E-state index is 12.4. The minimum atomic E-state index is -1.99. The van der Waals surface area contributed by atoms with Crippen LogP contribution in [-0.2, 0) is 9.53 Å². The zero-order valence-corrected chi connectivity index (χ0v) is 13.2. The second kappa shape index (κ2) is 5.90. The largest absolute Gasteiger partial charge is 0.632 e. The van der Waals surface area contributed by atoms with Crippen molar-refractivity contribution in [3.05, 3.63) is 16.9 Å². The summed E-state index contributed by atoms with van der Waals surface area (Å²) in [5, 5.41) is 42.4. The first-order chi connectivity index (χ1) is 10.1. The van der Waals surface area contributed by atoms with Gasteiger partial charge in [-0.2, -0.15) is 0 Å². The van der Waals surface area contributed by atoms with E-state index in [1.807, 2.05) is 0 Å². The highest BCUT2D eigenvalue weighted by atomic mass is 16.6. The summed E-state index contributed by atoms with van der Waals surface area (Å²) in [4.78, 5) is 12.2. The molecule has 0 spiro atoms. The lowest BCUT2D eigenvalue weighted by Crippen LogP contribution is -2.53. The fraction of sp³-hybridized carbons (Fsp3) is 0.800. The Morgan fingerprint density at radius 1 is 1.55 bits per heavy atom. The minimum absolute atomic E-state index is 0.148. The zero-order valence-electron chi connectivity index (χ0n) is 13.2. The zero-order chi connectivity index (χ0) is 16.7. The van der Waals surface area contributed by atoms with Gasteiger partial charge in [-0.1, -0.05) is 13.8 Å². The van der Waals surface area contributed by atoms with Gasteiger partial charge in [0.15, 0.2) is 5.60 Å². The maximum Gasteiger partial charge on any atom is 0.341 e. The standard InChI is InChI=1S/C15H25NO6/c1-9(2)15(20,10(3)17)14(19)22-8-11-4-6-16(21)7-5-12(18)13(11)16/h4,9-10,12-13,17-18,20H,5-8H2,1-3H3/t10-,12-,13+,15+,16?/m1/s1. The van der Waals surface area contributed by atoms with Crippen LogP contribution in [0, 0.1) is 11.1 Å². The molecule has 1 unspecified atom stereocenters. The van der Waals surface area contributed by atoms with E-state index in [4.69, 9.17) is 4.74 Å². The Bertz CT molecular complexity index is 467. The van der Waals surface area contributed by atoms with Crippen LogP contribution in [0.25, 0.3) is 0 Å². The summed E-state index contributed by atoms with van der Waals surface area (Å²) < 4.78 is 4.64. The van der Waals surface area contributed by atoms with E-state index >= 15 is 0 Å². The average molecular weight is 315 g/mol. The number of aliphatic hydroxyl groups excluding tert-OH is 2. The third kappa shape index (κ3) is 2.68. The molecule has 0 aromatic rings. The molecule has 0 saturated carbocycles. The van der Waals surface area contributed by atoms with Gasteiger partial charge < -0.3 is 29.9 Å². The maximum atomic E-state index is 12.4. The predicted molar refractivity (Wildman–Crippen MR) is 78.3 cm³/mol. The smallest absolute Gasteiger partial charge is 0.341 e. The molecule has 5 atom stereocenters. The van der Waals surface area contributed by atoms with Crippen molar-refractivity contribution in [2.45, 2.75) is 51.0 Å². The molecular formula is C15H25NO6. The van der Waals surface area contributed by atoms with Crippen LogP contribution in [0.3, 0.4) is 0 Å².